The van der Waals surface area contributed by atoms with Gasteiger partial charge in [0.15, 0.2) is 6.61 Å². The van der Waals surface area contributed by atoms with Crippen LogP contribution in [-0.2, 0) is 14.3 Å². The van der Waals surface area contributed by atoms with E-state index in [1.165, 1.54) is 25.7 Å². The maximum Gasteiger partial charge on any atom is 0.306 e. The number of aliphatic imine (C=N–C) groups is 1. The van der Waals surface area contributed by atoms with E-state index >= 15 is 0 Å². The molecule has 0 aromatic heterocycles. The summed E-state index contributed by atoms with van der Waals surface area (Å²) in [7, 11) is 0. The van der Waals surface area contributed by atoms with Crippen molar-refractivity contribution in [1.29, 1.82) is 0 Å². The smallest absolute Gasteiger partial charge is 0.306 e. The molecule has 0 saturated heterocycles. The maximum atomic E-state index is 11.4. The van der Waals surface area contributed by atoms with E-state index in [9.17, 15) is 4.79 Å². The van der Waals surface area contributed by atoms with Crippen LogP contribution in [0.3, 0.4) is 0 Å². The molecule has 0 N–H and O–H groups in total. The zero-order valence-electron chi connectivity index (χ0n) is 10.7. The minimum Gasteiger partial charge on any atom is -0.477 e. The Balaban J connectivity index is 1.90. The second-order valence-corrected chi connectivity index (χ2v) is 4.30. The number of hydrogen-bond acceptors (Lipinski definition) is 4. The number of carbonyl (C=O) groups is 1. The van der Waals surface area contributed by atoms with Crippen molar-refractivity contribution in [3.05, 3.63) is 0 Å². The Morgan fingerprint density at radius 3 is 2.76 bits per heavy atom. The number of unbranched alkanes of at least 4 members (excludes halogenated alkanes) is 5. The highest BCUT2D eigenvalue weighted by Gasteiger charge is 2.10. The quantitative estimate of drug-likeness (QED) is 0.460. The molecule has 1 rings (SSSR count). The lowest BCUT2D eigenvalue weighted by molar-refractivity contribution is -0.142. The van der Waals surface area contributed by atoms with Gasteiger partial charge in [0.2, 0.25) is 5.90 Å². The summed E-state index contributed by atoms with van der Waals surface area (Å²) in [5.74, 6) is 0.417. The highest BCUT2D eigenvalue weighted by atomic mass is 16.6. The minimum atomic E-state index is -0.140. The summed E-state index contributed by atoms with van der Waals surface area (Å²) in [6.45, 7) is 3.70. The van der Waals surface area contributed by atoms with E-state index in [2.05, 4.69) is 11.9 Å². The van der Waals surface area contributed by atoms with Gasteiger partial charge in [-0.05, 0) is 6.42 Å². The Bertz CT molecular complexity index is 251. The average Bonchev–Trinajstić information content (AvgIpc) is 2.84. The molecule has 1 heterocycles. The molecule has 17 heavy (non-hydrogen) atoms. The number of hydrogen-bond donors (Lipinski definition) is 0. The van der Waals surface area contributed by atoms with Crippen molar-refractivity contribution < 1.29 is 14.3 Å². The largest absolute Gasteiger partial charge is 0.477 e. The van der Waals surface area contributed by atoms with Crippen LogP contribution in [0.15, 0.2) is 4.99 Å². The van der Waals surface area contributed by atoms with Gasteiger partial charge in [-0.3, -0.25) is 4.79 Å². The third-order valence-corrected chi connectivity index (χ3v) is 2.74. The highest BCUT2D eigenvalue weighted by molar-refractivity contribution is 5.81. The first kappa shape index (κ1) is 14.0. The first-order valence-corrected chi connectivity index (χ1v) is 6.64. The second-order valence-electron chi connectivity index (χ2n) is 4.30. The predicted molar refractivity (Wildman–Crippen MR) is 67.2 cm³/mol. The molecule has 98 valence electrons. The van der Waals surface area contributed by atoms with Gasteiger partial charge in [-0.1, -0.05) is 39.0 Å². The molecule has 0 bridgehead atoms. The summed E-state index contributed by atoms with van der Waals surface area (Å²) in [5.41, 5.74) is 0. The number of ether oxygens (including phenoxy) is 2. The predicted octanol–water partition coefficient (Wildman–Crippen LogP) is 2.71. The average molecular weight is 241 g/mol. The molecule has 1 aliphatic heterocycles. The van der Waals surface area contributed by atoms with Crippen LogP contribution in [0.5, 0.6) is 0 Å². The van der Waals surface area contributed by atoms with Crippen LogP contribution in [0.4, 0.5) is 0 Å². The van der Waals surface area contributed by atoms with Crippen molar-refractivity contribution in [3.63, 3.8) is 0 Å². The monoisotopic (exact) mass is 241 g/mol. The molecule has 4 heteroatoms. The SMILES string of the molecule is CCCCCCCCC(=O)OCC1=NCCO1. The third-order valence-electron chi connectivity index (χ3n) is 2.74. The zero-order valence-corrected chi connectivity index (χ0v) is 10.7. The molecular formula is C13H23NO3. The van der Waals surface area contributed by atoms with E-state index in [-0.39, 0.29) is 12.6 Å². The maximum absolute atomic E-state index is 11.4. The van der Waals surface area contributed by atoms with Crippen LogP contribution in [0.2, 0.25) is 0 Å². The fraction of sp³-hybridized carbons (Fsp3) is 0.846. The topological polar surface area (TPSA) is 47.9 Å². The fourth-order valence-electron chi connectivity index (χ4n) is 1.73. The van der Waals surface area contributed by atoms with Crippen LogP contribution < -0.4 is 0 Å². The lowest BCUT2D eigenvalue weighted by atomic mass is 10.1. The standard InChI is InChI=1S/C13H23NO3/c1-2-3-4-5-6-7-8-13(15)17-11-12-14-9-10-16-12/h2-11H2,1H3. The van der Waals surface area contributed by atoms with Gasteiger partial charge >= 0.3 is 5.97 Å². The molecule has 4 nitrogen and oxygen atoms in total. The molecular weight excluding hydrogens is 218 g/mol. The second kappa shape index (κ2) is 9.02. The van der Waals surface area contributed by atoms with Crippen LogP contribution in [0, 0.1) is 0 Å². The third kappa shape index (κ3) is 6.97. The lowest BCUT2D eigenvalue weighted by Gasteiger charge is -2.04. The molecule has 0 spiro atoms. The van der Waals surface area contributed by atoms with Gasteiger partial charge in [-0.25, -0.2) is 4.99 Å². The Kier molecular flexibility index (Phi) is 7.43. The Morgan fingerprint density at radius 2 is 2.06 bits per heavy atom. The van der Waals surface area contributed by atoms with E-state index < -0.39 is 0 Å². The van der Waals surface area contributed by atoms with Crippen LogP contribution in [-0.4, -0.2) is 31.6 Å². The summed E-state index contributed by atoms with van der Waals surface area (Å²) in [6, 6.07) is 0. The molecule has 0 aliphatic carbocycles. The van der Waals surface area contributed by atoms with Crippen molar-refractivity contribution in [3.8, 4) is 0 Å². The highest BCUT2D eigenvalue weighted by Crippen LogP contribution is 2.07. The van der Waals surface area contributed by atoms with Gasteiger partial charge in [0, 0.05) is 6.42 Å². The molecule has 0 radical (unpaired) electrons. The van der Waals surface area contributed by atoms with Gasteiger partial charge in [-0.15, -0.1) is 0 Å². The van der Waals surface area contributed by atoms with Crippen molar-refractivity contribution >= 4 is 11.9 Å². The molecule has 0 unspecified atom stereocenters. The summed E-state index contributed by atoms with van der Waals surface area (Å²) in [4.78, 5) is 15.4. The number of nitrogens with zero attached hydrogens (tertiary/aromatic N) is 1. The summed E-state index contributed by atoms with van der Waals surface area (Å²) < 4.78 is 10.2. The van der Waals surface area contributed by atoms with Crippen LogP contribution >= 0.6 is 0 Å². The van der Waals surface area contributed by atoms with Crippen molar-refractivity contribution in [2.45, 2.75) is 51.9 Å². The van der Waals surface area contributed by atoms with Crippen LogP contribution in [0.1, 0.15) is 51.9 Å². The van der Waals surface area contributed by atoms with E-state index in [0.717, 1.165) is 12.8 Å². The molecule has 0 atom stereocenters. The van der Waals surface area contributed by atoms with Crippen molar-refractivity contribution in [1.82, 2.24) is 0 Å². The van der Waals surface area contributed by atoms with E-state index in [1.54, 1.807) is 0 Å². The first-order chi connectivity index (χ1) is 8.33. The summed E-state index contributed by atoms with van der Waals surface area (Å²) in [5, 5.41) is 0. The molecule has 0 fully saturated rings. The molecule has 0 aromatic carbocycles. The van der Waals surface area contributed by atoms with E-state index in [1.807, 2.05) is 0 Å². The molecule has 0 saturated carbocycles. The number of rotatable bonds is 9. The summed E-state index contributed by atoms with van der Waals surface area (Å²) >= 11 is 0. The number of carbonyl (C=O) groups excluding carboxylic acids is 1. The Hall–Kier alpha value is -1.06. The van der Waals surface area contributed by atoms with Crippen LogP contribution in [0.25, 0.3) is 0 Å². The van der Waals surface area contributed by atoms with Crippen molar-refractivity contribution in [2.24, 2.45) is 4.99 Å². The Labute approximate surface area is 103 Å². The molecule has 0 aromatic rings. The van der Waals surface area contributed by atoms with E-state index in [0.29, 0.717) is 25.5 Å². The normalized spacial score (nSPS) is 14.3. The van der Waals surface area contributed by atoms with E-state index in [4.69, 9.17) is 9.47 Å². The fourth-order valence-corrected chi connectivity index (χ4v) is 1.73. The van der Waals surface area contributed by atoms with Crippen molar-refractivity contribution in [2.75, 3.05) is 19.8 Å². The van der Waals surface area contributed by atoms with Gasteiger partial charge in [0.1, 0.15) is 6.61 Å². The summed E-state index contributed by atoms with van der Waals surface area (Å²) in [6.07, 6.45) is 7.60. The van der Waals surface area contributed by atoms with Gasteiger partial charge in [0.25, 0.3) is 0 Å². The zero-order chi connectivity index (χ0) is 12.3. The Morgan fingerprint density at radius 1 is 1.29 bits per heavy atom. The minimum absolute atomic E-state index is 0.140. The van der Waals surface area contributed by atoms with Gasteiger partial charge in [0.05, 0.1) is 6.54 Å². The molecule has 0 amide bonds. The number of esters is 1. The molecule has 1 aliphatic rings. The lowest BCUT2D eigenvalue weighted by Crippen LogP contribution is -2.13. The van der Waals surface area contributed by atoms with Gasteiger partial charge < -0.3 is 9.47 Å². The first-order valence-electron chi connectivity index (χ1n) is 6.64. The van der Waals surface area contributed by atoms with Gasteiger partial charge in [-0.2, -0.15) is 0 Å².